The molecule has 0 saturated carbocycles. The molecule has 3 N–H and O–H groups in total. The fraction of sp³-hybridized carbons (Fsp3) is 0.400. The lowest BCUT2D eigenvalue weighted by Crippen LogP contribution is -2.27. The molecule has 0 spiro atoms. The molecule has 0 aliphatic heterocycles. The van der Waals surface area contributed by atoms with Crippen molar-refractivity contribution >= 4 is 16.9 Å². The Hall–Kier alpha value is -1.81. The second-order valence-electron chi connectivity index (χ2n) is 4.87. The minimum atomic E-state index is 0.0495. The van der Waals surface area contributed by atoms with Crippen molar-refractivity contribution in [2.75, 3.05) is 6.54 Å². The summed E-state index contributed by atoms with van der Waals surface area (Å²) in [6, 6.07) is 9.98. The van der Waals surface area contributed by atoms with Gasteiger partial charge >= 0.3 is 0 Å². The van der Waals surface area contributed by atoms with Crippen molar-refractivity contribution in [3.05, 3.63) is 36.1 Å². The van der Waals surface area contributed by atoms with Crippen molar-refractivity contribution in [1.82, 2.24) is 5.32 Å². The molecule has 0 saturated heterocycles. The van der Waals surface area contributed by atoms with Gasteiger partial charge in [-0.05, 0) is 25.5 Å². The number of furan rings is 1. The summed E-state index contributed by atoms with van der Waals surface area (Å²) in [5, 5.41) is 3.97. The van der Waals surface area contributed by atoms with Crippen molar-refractivity contribution in [3.63, 3.8) is 0 Å². The molecule has 4 heteroatoms. The lowest BCUT2D eigenvalue weighted by atomic mass is 10.2. The van der Waals surface area contributed by atoms with Gasteiger partial charge in [-0.2, -0.15) is 0 Å². The number of carbonyl (C=O) groups excluding carboxylic acids is 1. The zero-order chi connectivity index (χ0) is 13.7. The molecular weight excluding hydrogens is 240 g/mol. The van der Waals surface area contributed by atoms with Crippen LogP contribution in [0.1, 0.15) is 25.5 Å². The van der Waals surface area contributed by atoms with Crippen LogP contribution in [0.4, 0.5) is 0 Å². The largest absolute Gasteiger partial charge is 0.461 e. The topological polar surface area (TPSA) is 68.3 Å². The molecule has 0 fully saturated rings. The molecule has 0 aliphatic rings. The minimum absolute atomic E-state index is 0.0495. The highest BCUT2D eigenvalue weighted by molar-refractivity contribution is 5.78. The molecule has 2 rings (SSSR count). The van der Waals surface area contributed by atoms with Crippen LogP contribution in [0.15, 0.2) is 34.7 Å². The summed E-state index contributed by atoms with van der Waals surface area (Å²) in [6.45, 7) is 2.50. The number of carbonyl (C=O) groups is 1. The molecule has 1 aromatic heterocycles. The highest BCUT2D eigenvalue weighted by Gasteiger charge is 2.05. The Morgan fingerprint density at radius 1 is 1.42 bits per heavy atom. The molecule has 19 heavy (non-hydrogen) atoms. The monoisotopic (exact) mass is 260 g/mol. The molecule has 1 unspecified atom stereocenters. The van der Waals surface area contributed by atoms with Gasteiger partial charge in [-0.3, -0.25) is 4.79 Å². The Morgan fingerprint density at radius 2 is 2.21 bits per heavy atom. The Morgan fingerprint density at radius 3 is 2.95 bits per heavy atom. The maximum atomic E-state index is 11.5. The van der Waals surface area contributed by atoms with E-state index in [0.29, 0.717) is 19.4 Å². The third-order valence-corrected chi connectivity index (χ3v) is 3.00. The number of nitrogens with two attached hydrogens (primary N) is 1. The summed E-state index contributed by atoms with van der Waals surface area (Å²) in [5.74, 6) is 0.946. The zero-order valence-electron chi connectivity index (χ0n) is 11.2. The standard InChI is InChI=1S/C15H20N2O2/c1-11(16)6-7-15(18)17-9-8-13-10-12-4-2-3-5-14(12)19-13/h2-5,10-11H,6-9,16H2,1H3,(H,17,18). The first-order valence-electron chi connectivity index (χ1n) is 6.65. The average molecular weight is 260 g/mol. The molecule has 102 valence electrons. The number of hydrogen-bond acceptors (Lipinski definition) is 3. The number of fused-ring (bicyclic) bond motifs is 1. The van der Waals surface area contributed by atoms with Crippen LogP contribution in [0.3, 0.4) is 0 Å². The van der Waals surface area contributed by atoms with Crippen molar-refractivity contribution < 1.29 is 9.21 Å². The van der Waals surface area contributed by atoms with E-state index in [1.54, 1.807) is 0 Å². The quantitative estimate of drug-likeness (QED) is 0.836. The van der Waals surface area contributed by atoms with Crippen LogP contribution in [0.2, 0.25) is 0 Å². The van der Waals surface area contributed by atoms with Crippen LogP contribution >= 0.6 is 0 Å². The van der Waals surface area contributed by atoms with Gasteiger partial charge < -0.3 is 15.5 Å². The third-order valence-electron chi connectivity index (χ3n) is 3.00. The molecule has 0 aliphatic carbocycles. The van der Waals surface area contributed by atoms with Gasteiger partial charge in [0.1, 0.15) is 11.3 Å². The average Bonchev–Trinajstić information content (AvgIpc) is 2.79. The van der Waals surface area contributed by atoms with E-state index in [9.17, 15) is 4.79 Å². The van der Waals surface area contributed by atoms with Gasteiger partial charge in [-0.25, -0.2) is 0 Å². The SMILES string of the molecule is CC(N)CCC(=O)NCCc1cc2ccccc2o1. The molecule has 4 nitrogen and oxygen atoms in total. The second kappa shape index (κ2) is 6.38. The highest BCUT2D eigenvalue weighted by Crippen LogP contribution is 2.18. The molecule has 0 radical (unpaired) electrons. The first-order chi connectivity index (χ1) is 9.15. The second-order valence-corrected chi connectivity index (χ2v) is 4.87. The van der Waals surface area contributed by atoms with Gasteiger partial charge in [0.2, 0.25) is 5.91 Å². The van der Waals surface area contributed by atoms with Gasteiger partial charge in [-0.15, -0.1) is 0 Å². The lowest BCUT2D eigenvalue weighted by Gasteiger charge is -2.05. The van der Waals surface area contributed by atoms with Gasteiger partial charge in [0, 0.05) is 30.8 Å². The number of benzene rings is 1. The van der Waals surface area contributed by atoms with E-state index in [4.69, 9.17) is 10.2 Å². The summed E-state index contributed by atoms with van der Waals surface area (Å²) < 4.78 is 5.68. The first kappa shape index (κ1) is 13.6. The van der Waals surface area contributed by atoms with E-state index in [2.05, 4.69) is 5.32 Å². The predicted molar refractivity (Wildman–Crippen MR) is 75.8 cm³/mol. The van der Waals surface area contributed by atoms with Gasteiger partial charge in [0.05, 0.1) is 0 Å². The van der Waals surface area contributed by atoms with E-state index in [1.807, 2.05) is 37.3 Å². The fourth-order valence-electron chi connectivity index (χ4n) is 1.93. The van der Waals surface area contributed by atoms with E-state index >= 15 is 0 Å². The molecule has 1 heterocycles. The Bertz CT molecular complexity index is 513. The smallest absolute Gasteiger partial charge is 0.220 e. The summed E-state index contributed by atoms with van der Waals surface area (Å²) in [5.41, 5.74) is 6.50. The van der Waals surface area contributed by atoms with Crippen molar-refractivity contribution in [2.45, 2.75) is 32.2 Å². The minimum Gasteiger partial charge on any atom is -0.461 e. The zero-order valence-corrected chi connectivity index (χ0v) is 11.2. The Labute approximate surface area is 113 Å². The predicted octanol–water partition coefficient (Wildman–Crippen LogP) is 2.22. The Kier molecular flexibility index (Phi) is 4.58. The van der Waals surface area contributed by atoms with Crippen molar-refractivity contribution in [2.24, 2.45) is 5.73 Å². The highest BCUT2D eigenvalue weighted by atomic mass is 16.3. The molecular formula is C15H20N2O2. The summed E-state index contributed by atoms with van der Waals surface area (Å²) in [6.07, 6.45) is 1.91. The van der Waals surface area contributed by atoms with Crippen LogP contribution in [0, 0.1) is 0 Å². The number of para-hydroxylation sites is 1. The van der Waals surface area contributed by atoms with E-state index in [1.165, 1.54) is 0 Å². The van der Waals surface area contributed by atoms with Gasteiger partial charge in [0.15, 0.2) is 0 Å². The maximum Gasteiger partial charge on any atom is 0.220 e. The molecule has 1 atom stereocenters. The third kappa shape index (κ3) is 4.10. The van der Waals surface area contributed by atoms with Crippen LogP contribution in [0.5, 0.6) is 0 Å². The number of hydrogen-bond donors (Lipinski definition) is 2. The van der Waals surface area contributed by atoms with Gasteiger partial charge in [-0.1, -0.05) is 18.2 Å². The van der Waals surface area contributed by atoms with Crippen LogP contribution in [-0.2, 0) is 11.2 Å². The first-order valence-corrected chi connectivity index (χ1v) is 6.65. The number of rotatable bonds is 6. The fourth-order valence-corrected chi connectivity index (χ4v) is 1.93. The van der Waals surface area contributed by atoms with E-state index in [0.717, 1.165) is 23.2 Å². The van der Waals surface area contributed by atoms with Crippen LogP contribution in [0.25, 0.3) is 11.0 Å². The van der Waals surface area contributed by atoms with Crippen LogP contribution in [-0.4, -0.2) is 18.5 Å². The van der Waals surface area contributed by atoms with Crippen molar-refractivity contribution in [3.8, 4) is 0 Å². The number of nitrogens with one attached hydrogen (secondary N) is 1. The molecule has 0 bridgehead atoms. The molecule has 2 aromatic rings. The lowest BCUT2D eigenvalue weighted by molar-refractivity contribution is -0.121. The molecule has 1 amide bonds. The van der Waals surface area contributed by atoms with E-state index in [-0.39, 0.29) is 11.9 Å². The summed E-state index contributed by atoms with van der Waals surface area (Å²) in [4.78, 5) is 11.5. The van der Waals surface area contributed by atoms with Gasteiger partial charge in [0.25, 0.3) is 0 Å². The Balaban J connectivity index is 1.77. The summed E-state index contributed by atoms with van der Waals surface area (Å²) in [7, 11) is 0. The van der Waals surface area contributed by atoms with Crippen molar-refractivity contribution in [1.29, 1.82) is 0 Å². The van der Waals surface area contributed by atoms with E-state index < -0.39 is 0 Å². The normalized spacial score (nSPS) is 12.5. The summed E-state index contributed by atoms with van der Waals surface area (Å²) >= 11 is 0. The number of amides is 1. The van der Waals surface area contributed by atoms with Crippen LogP contribution < -0.4 is 11.1 Å². The maximum absolute atomic E-state index is 11.5. The molecule has 1 aromatic carbocycles.